The van der Waals surface area contributed by atoms with Crippen LogP contribution < -0.4 is 10.4 Å². The highest BCUT2D eigenvalue weighted by Crippen LogP contribution is 2.28. The summed E-state index contributed by atoms with van der Waals surface area (Å²) in [7, 11) is -3.73. The lowest BCUT2D eigenvalue weighted by molar-refractivity contribution is 0.601. The quantitative estimate of drug-likeness (QED) is 0.561. The Morgan fingerprint density at radius 1 is 1.20 bits per heavy atom. The van der Waals surface area contributed by atoms with Crippen molar-refractivity contribution < 1.29 is 8.42 Å². The molecule has 0 amide bonds. The van der Waals surface area contributed by atoms with Crippen LogP contribution in [0.2, 0.25) is 0 Å². The molecule has 2 aromatic heterocycles. The highest BCUT2D eigenvalue weighted by atomic mass is 79.9. The topological polar surface area (TPSA) is 124 Å². The van der Waals surface area contributed by atoms with Gasteiger partial charge in [-0.2, -0.15) is 5.10 Å². The van der Waals surface area contributed by atoms with Gasteiger partial charge < -0.3 is 9.97 Å². The molecule has 0 radical (unpaired) electrons. The molecule has 0 saturated heterocycles. The second-order valence-electron chi connectivity index (χ2n) is 4.00. The van der Waals surface area contributed by atoms with Crippen molar-refractivity contribution in [1.82, 2.24) is 20.2 Å². The van der Waals surface area contributed by atoms with Gasteiger partial charge in [-0.25, -0.2) is 13.2 Å². The Labute approximate surface area is 120 Å². The first kappa shape index (κ1) is 12.9. The number of halogens is 1. The van der Waals surface area contributed by atoms with Gasteiger partial charge in [-0.05, 0) is 28.1 Å². The normalized spacial score (nSPS) is 11.8. The Morgan fingerprint density at radius 2 is 1.90 bits per heavy atom. The molecule has 1 aromatic carbocycles. The number of H-pyrrole nitrogens is 3. The number of benzene rings is 1. The third-order valence-corrected chi connectivity index (χ3v) is 4.62. The number of sulfonamides is 1. The number of hydrogen-bond acceptors (Lipinski definition) is 4. The minimum absolute atomic E-state index is 0.0204. The molecular weight excluding hydrogens is 350 g/mol. The van der Waals surface area contributed by atoms with Crippen LogP contribution >= 0.6 is 15.9 Å². The summed E-state index contributed by atoms with van der Waals surface area (Å²) in [5.41, 5.74) is 1.03. The van der Waals surface area contributed by atoms with E-state index in [1.165, 1.54) is 18.5 Å². The van der Waals surface area contributed by atoms with Crippen LogP contribution in [0.15, 0.2) is 38.7 Å². The van der Waals surface area contributed by atoms with E-state index in [9.17, 15) is 13.2 Å². The minimum atomic E-state index is -3.73. The van der Waals surface area contributed by atoms with Gasteiger partial charge in [0.25, 0.3) is 10.0 Å². The van der Waals surface area contributed by atoms with Gasteiger partial charge in [0.05, 0.1) is 22.9 Å². The van der Waals surface area contributed by atoms with E-state index in [-0.39, 0.29) is 10.6 Å². The number of hydrogen-bond donors (Lipinski definition) is 4. The maximum Gasteiger partial charge on any atom is 0.323 e. The van der Waals surface area contributed by atoms with Crippen LogP contribution in [0.1, 0.15) is 0 Å². The fourth-order valence-electron chi connectivity index (χ4n) is 1.72. The first-order chi connectivity index (χ1) is 9.45. The molecule has 0 fully saturated rings. The molecular formula is C10H8BrN5O3S. The van der Waals surface area contributed by atoms with Crippen molar-refractivity contribution in [2.75, 3.05) is 4.72 Å². The van der Waals surface area contributed by atoms with E-state index in [1.807, 2.05) is 0 Å². The van der Waals surface area contributed by atoms with E-state index in [0.29, 0.717) is 21.2 Å². The summed E-state index contributed by atoms with van der Waals surface area (Å²) in [6.45, 7) is 0. The number of fused-ring (bicyclic) bond motifs is 1. The Kier molecular flexibility index (Phi) is 2.91. The molecule has 3 rings (SSSR count). The number of imidazole rings is 1. The van der Waals surface area contributed by atoms with Crippen molar-refractivity contribution in [2.45, 2.75) is 4.90 Å². The summed E-state index contributed by atoms with van der Waals surface area (Å²) < 4.78 is 27.1. The van der Waals surface area contributed by atoms with Crippen molar-refractivity contribution in [3.63, 3.8) is 0 Å². The first-order valence-corrected chi connectivity index (χ1v) is 7.66. The predicted molar refractivity (Wildman–Crippen MR) is 76.0 cm³/mol. The molecule has 2 heterocycles. The largest absolute Gasteiger partial charge is 0.323 e. The fraction of sp³-hybridized carbons (Fsp3) is 0. The van der Waals surface area contributed by atoms with Crippen LogP contribution in [0.4, 0.5) is 5.69 Å². The van der Waals surface area contributed by atoms with Gasteiger partial charge in [0.2, 0.25) is 0 Å². The van der Waals surface area contributed by atoms with Crippen molar-refractivity contribution in [1.29, 1.82) is 0 Å². The molecule has 0 saturated carbocycles. The summed E-state index contributed by atoms with van der Waals surface area (Å²) >= 11 is 3.26. The monoisotopic (exact) mass is 357 g/mol. The van der Waals surface area contributed by atoms with E-state index in [1.54, 1.807) is 6.07 Å². The van der Waals surface area contributed by atoms with Gasteiger partial charge in [-0.15, -0.1) is 0 Å². The summed E-state index contributed by atoms with van der Waals surface area (Å²) in [4.78, 5) is 16.4. The van der Waals surface area contributed by atoms with Gasteiger partial charge >= 0.3 is 5.69 Å². The first-order valence-electron chi connectivity index (χ1n) is 5.39. The molecule has 0 atom stereocenters. The van der Waals surface area contributed by atoms with Crippen molar-refractivity contribution >= 4 is 42.7 Å². The van der Waals surface area contributed by atoms with E-state index in [2.05, 4.69) is 40.8 Å². The van der Waals surface area contributed by atoms with Crippen LogP contribution in [0.3, 0.4) is 0 Å². The number of nitrogens with one attached hydrogen (secondary N) is 4. The SMILES string of the molecule is O=c1[nH]c2cc(Br)c(NS(=O)(=O)c3cn[nH]c3)cc2[nH]1. The smallest absolute Gasteiger partial charge is 0.306 e. The standard InChI is InChI=1S/C10H8BrN5O3S/c11-6-1-8-9(15-10(17)14-8)2-7(6)16-20(18,19)5-3-12-13-4-5/h1-4,16H,(H,12,13)(H2,14,15,17). The Morgan fingerprint density at radius 3 is 2.55 bits per heavy atom. The highest BCUT2D eigenvalue weighted by Gasteiger charge is 2.17. The number of aromatic amines is 3. The molecule has 10 heteroatoms. The van der Waals surface area contributed by atoms with Gasteiger partial charge in [0.15, 0.2) is 0 Å². The van der Waals surface area contributed by atoms with Crippen LogP contribution in [-0.4, -0.2) is 28.6 Å². The highest BCUT2D eigenvalue weighted by molar-refractivity contribution is 9.10. The number of anilines is 1. The molecule has 0 aliphatic heterocycles. The second-order valence-corrected chi connectivity index (χ2v) is 6.53. The maximum atomic E-state index is 12.1. The zero-order valence-corrected chi connectivity index (χ0v) is 12.2. The van der Waals surface area contributed by atoms with Gasteiger partial charge in [0.1, 0.15) is 4.90 Å². The lowest BCUT2D eigenvalue weighted by Gasteiger charge is -2.08. The molecule has 0 bridgehead atoms. The average molecular weight is 358 g/mol. The van der Waals surface area contributed by atoms with E-state index >= 15 is 0 Å². The summed E-state index contributed by atoms with van der Waals surface area (Å²) in [5.74, 6) is 0. The Hall–Kier alpha value is -2.07. The van der Waals surface area contributed by atoms with Gasteiger partial charge in [-0.3, -0.25) is 9.82 Å². The van der Waals surface area contributed by atoms with E-state index < -0.39 is 10.0 Å². The lowest BCUT2D eigenvalue weighted by atomic mass is 10.3. The average Bonchev–Trinajstić information content (AvgIpc) is 2.98. The third kappa shape index (κ3) is 2.23. The molecule has 0 aliphatic rings. The van der Waals surface area contributed by atoms with Crippen molar-refractivity contribution in [3.8, 4) is 0 Å². The molecule has 20 heavy (non-hydrogen) atoms. The maximum absolute atomic E-state index is 12.1. The zero-order chi connectivity index (χ0) is 14.3. The molecule has 104 valence electrons. The molecule has 3 aromatic rings. The van der Waals surface area contributed by atoms with E-state index in [4.69, 9.17) is 0 Å². The second kappa shape index (κ2) is 4.49. The van der Waals surface area contributed by atoms with Crippen LogP contribution in [0, 0.1) is 0 Å². The number of nitrogens with zero attached hydrogens (tertiary/aromatic N) is 1. The van der Waals surface area contributed by atoms with Gasteiger partial charge in [0, 0.05) is 10.7 Å². The Bertz CT molecular complexity index is 926. The van der Waals surface area contributed by atoms with Crippen molar-refractivity contribution in [2.24, 2.45) is 0 Å². The summed E-state index contributed by atoms with van der Waals surface area (Å²) in [6, 6.07) is 3.13. The third-order valence-electron chi connectivity index (χ3n) is 2.63. The lowest BCUT2D eigenvalue weighted by Crippen LogP contribution is -2.12. The summed E-state index contributed by atoms with van der Waals surface area (Å²) in [6.07, 6.45) is 2.47. The molecule has 0 aliphatic carbocycles. The van der Waals surface area contributed by atoms with Crippen molar-refractivity contribution in [3.05, 3.63) is 39.5 Å². The summed E-state index contributed by atoms with van der Waals surface area (Å²) in [5, 5.41) is 6.03. The Balaban J connectivity index is 2.07. The van der Waals surface area contributed by atoms with Crippen LogP contribution in [0.25, 0.3) is 11.0 Å². The molecule has 4 N–H and O–H groups in total. The van der Waals surface area contributed by atoms with Crippen LogP contribution in [-0.2, 0) is 10.0 Å². The van der Waals surface area contributed by atoms with Gasteiger partial charge in [-0.1, -0.05) is 0 Å². The zero-order valence-electron chi connectivity index (χ0n) is 9.77. The minimum Gasteiger partial charge on any atom is -0.306 e. The molecule has 0 spiro atoms. The molecule has 8 nitrogen and oxygen atoms in total. The fourth-order valence-corrected chi connectivity index (χ4v) is 3.27. The predicted octanol–water partition coefficient (Wildman–Crippen LogP) is 1.14. The van der Waals surface area contributed by atoms with Crippen LogP contribution in [0.5, 0.6) is 0 Å². The van der Waals surface area contributed by atoms with E-state index in [0.717, 1.165) is 0 Å². The number of rotatable bonds is 3. The number of aromatic nitrogens is 4. The molecule has 0 unspecified atom stereocenters.